The number of nitrogens with one attached hydrogen (secondary N) is 2. The smallest absolute Gasteiger partial charge is 0.123 e. The lowest BCUT2D eigenvalue weighted by Crippen LogP contribution is -2.06. The van der Waals surface area contributed by atoms with E-state index < -0.39 is 0 Å². The lowest BCUT2D eigenvalue weighted by Gasteiger charge is -2.09. The van der Waals surface area contributed by atoms with Crippen LogP contribution in [0.15, 0.2) is 36.0 Å². The highest BCUT2D eigenvalue weighted by molar-refractivity contribution is 5.47. The largest absolute Gasteiger partial charge is 0.359 e. The molecule has 0 fully saturated rings. The molecule has 1 aromatic carbocycles. The highest BCUT2D eigenvalue weighted by atomic mass is 19.1. The molecule has 0 radical (unpaired) electrons. The summed E-state index contributed by atoms with van der Waals surface area (Å²) in [4.78, 5) is 0. The molecule has 0 aliphatic heterocycles. The van der Waals surface area contributed by atoms with Gasteiger partial charge in [-0.05, 0) is 50.9 Å². The van der Waals surface area contributed by atoms with Crippen molar-refractivity contribution in [3.63, 3.8) is 0 Å². The molecule has 0 saturated heterocycles. The highest BCUT2D eigenvalue weighted by Crippen LogP contribution is 2.12. The molecule has 0 spiro atoms. The quantitative estimate of drug-likeness (QED) is 0.715. The van der Waals surface area contributed by atoms with Gasteiger partial charge in [0.2, 0.25) is 0 Å². The average molecular weight is 253 g/mol. The van der Waals surface area contributed by atoms with E-state index in [9.17, 15) is 4.39 Å². The molecule has 0 amide bonds. The topological polar surface area (TPSA) is 61.9 Å². The molecule has 0 aromatic heterocycles. The van der Waals surface area contributed by atoms with Gasteiger partial charge in [0.05, 0.1) is 0 Å². The maximum Gasteiger partial charge on any atom is 0.123 e. The summed E-state index contributed by atoms with van der Waals surface area (Å²) in [5, 5.41) is 8.67. The zero-order chi connectivity index (χ0) is 14.4. The molecule has 4 heteroatoms. The van der Waals surface area contributed by atoms with Crippen LogP contribution in [0, 0.1) is 11.2 Å². The molecule has 0 heterocycles. The molecule has 0 unspecified atom stereocenters. The molecule has 0 aliphatic carbocycles. The van der Waals surface area contributed by atoms with Crippen LogP contribution in [0.2, 0.25) is 0 Å². The summed E-state index contributed by atoms with van der Waals surface area (Å²) in [6.45, 7) is 9.05. The van der Waals surface area contributed by atoms with Gasteiger partial charge >= 0.3 is 0 Å². The van der Waals surface area contributed by atoms with Crippen LogP contribution in [0.3, 0.4) is 0 Å². The Morgan fingerprint density at radius 3 is 2.22 bits per heavy atom. The molecule has 1 aromatic rings. The summed E-state index contributed by atoms with van der Waals surface area (Å²) >= 11 is 0. The van der Waals surface area contributed by atoms with Gasteiger partial charge in [-0.1, -0.05) is 19.9 Å². The van der Waals surface area contributed by atoms with Crippen LogP contribution in [-0.2, 0) is 0 Å². The standard InChI is InChI=1S/C11H15FN2.C2H6.CH3N/c1-2-10(7-8-13)14-11-5-3-9(12)4-6-11;2*1-2/h2-6,14H,7-8,13H2,1H3;1-2H3;2H,1H2/b10-2-;;. The first-order valence-electron chi connectivity index (χ1n) is 5.99. The molecule has 1 rings (SSSR count). The number of hydrogen-bond acceptors (Lipinski definition) is 3. The number of halogens is 1. The Morgan fingerprint density at radius 2 is 1.83 bits per heavy atom. The fraction of sp³-hybridized carbons (Fsp3) is 0.357. The Morgan fingerprint density at radius 1 is 1.33 bits per heavy atom. The van der Waals surface area contributed by atoms with Gasteiger partial charge in [-0.15, -0.1) is 0 Å². The van der Waals surface area contributed by atoms with Crippen molar-refractivity contribution in [2.24, 2.45) is 5.73 Å². The first-order valence-corrected chi connectivity index (χ1v) is 5.99. The Hall–Kier alpha value is -1.68. The van der Waals surface area contributed by atoms with Crippen molar-refractivity contribution in [2.45, 2.75) is 27.2 Å². The number of hydrogen-bond donors (Lipinski definition) is 3. The summed E-state index contributed by atoms with van der Waals surface area (Å²) in [5.41, 5.74) is 7.38. The van der Waals surface area contributed by atoms with Gasteiger partial charge in [-0.2, -0.15) is 0 Å². The SMILES string of the molecule is C/C=C(/CCN)Nc1ccc(F)cc1.C=N.CC. The first kappa shape index (κ1) is 18.7. The van der Waals surface area contributed by atoms with E-state index >= 15 is 0 Å². The number of rotatable bonds is 4. The summed E-state index contributed by atoms with van der Waals surface area (Å²) in [7, 11) is 0. The molecule has 0 bridgehead atoms. The fourth-order valence-electron chi connectivity index (χ4n) is 1.15. The molecule has 102 valence electrons. The summed E-state index contributed by atoms with van der Waals surface area (Å²) in [6, 6.07) is 6.26. The van der Waals surface area contributed by atoms with Crippen LogP contribution in [0.25, 0.3) is 0 Å². The first-order chi connectivity index (χ1) is 8.76. The Bertz CT molecular complexity index is 320. The molecular formula is C14H24FN3. The summed E-state index contributed by atoms with van der Waals surface area (Å²) < 4.78 is 12.6. The van der Waals surface area contributed by atoms with Crippen molar-refractivity contribution in [1.29, 1.82) is 5.41 Å². The zero-order valence-corrected chi connectivity index (χ0v) is 11.5. The van der Waals surface area contributed by atoms with Gasteiger partial charge < -0.3 is 16.5 Å². The van der Waals surface area contributed by atoms with E-state index in [1.54, 1.807) is 12.1 Å². The number of nitrogens with two attached hydrogens (primary N) is 1. The van der Waals surface area contributed by atoms with Crippen LogP contribution in [0.4, 0.5) is 10.1 Å². The van der Waals surface area contributed by atoms with Crippen molar-refractivity contribution >= 4 is 12.4 Å². The minimum absolute atomic E-state index is 0.226. The van der Waals surface area contributed by atoms with E-state index in [4.69, 9.17) is 11.1 Å². The predicted molar refractivity (Wildman–Crippen MR) is 78.6 cm³/mol. The third-order valence-corrected chi connectivity index (χ3v) is 1.91. The second-order valence-corrected chi connectivity index (χ2v) is 2.98. The van der Waals surface area contributed by atoms with Crippen molar-refractivity contribution in [2.75, 3.05) is 11.9 Å². The molecule has 4 N–H and O–H groups in total. The van der Waals surface area contributed by atoms with E-state index in [1.165, 1.54) is 12.1 Å². The van der Waals surface area contributed by atoms with Crippen molar-refractivity contribution in [3.8, 4) is 0 Å². The molecule has 0 aliphatic rings. The number of anilines is 1. The fourth-order valence-corrected chi connectivity index (χ4v) is 1.15. The average Bonchev–Trinajstić information content (AvgIpc) is 2.45. The van der Waals surface area contributed by atoms with Crippen LogP contribution in [-0.4, -0.2) is 13.3 Å². The summed E-state index contributed by atoms with van der Waals surface area (Å²) in [5.74, 6) is -0.226. The second kappa shape index (κ2) is 13.4. The van der Waals surface area contributed by atoms with Crippen molar-refractivity contribution < 1.29 is 4.39 Å². The molecular weight excluding hydrogens is 229 g/mol. The minimum atomic E-state index is -0.226. The monoisotopic (exact) mass is 253 g/mol. The van der Waals surface area contributed by atoms with E-state index in [0.29, 0.717) is 6.54 Å². The van der Waals surface area contributed by atoms with Crippen LogP contribution >= 0.6 is 0 Å². The number of allylic oxidation sites excluding steroid dienone is 1. The van der Waals surface area contributed by atoms with Gasteiger partial charge in [-0.3, -0.25) is 0 Å². The maximum absolute atomic E-state index is 12.6. The third kappa shape index (κ3) is 8.47. The molecule has 0 saturated carbocycles. The molecule has 3 nitrogen and oxygen atoms in total. The maximum atomic E-state index is 12.6. The lowest BCUT2D eigenvalue weighted by atomic mass is 10.2. The van der Waals surface area contributed by atoms with Crippen molar-refractivity contribution in [3.05, 3.63) is 41.9 Å². The van der Waals surface area contributed by atoms with Crippen LogP contribution in [0.1, 0.15) is 27.2 Å². The van der Waals surface area contributed by atoms with E-state index in [1.807, 2.05) is 26.8 Å². The Kier molecular flexibility index (Phi) is 13.9. The van der Waals surface area contributed by atoms with E-state index in [2.05, 4.69) is 12.0 Å². The normalized spacial score (nSPS) is 9.50. The number of benzene rings is 1. The molecule has 18 heavy (non-hydrogen) atoms. The minimum Gasteiger partial charge on any atom is -0.359 e. The van der Waals surface area contributed by atoms with Crippen molar-refractivity contribution in [1.82, 2.24) is 0 Å². The van der Waals surface area contributed by atoms with Gasteiger partial charge in [0.15, 0.2) is 0 Å². The Labute approximate surface area is 109 Å². The second-order valence-electron chi connectivity index (χ2n) is 2.98. The molecule has 0 atom stereocenters. The summed E-state index contributed by atoms with van der Waals surface area (Å²) in [6.07, 6.45) is 2.77. The lowest BCUT2D eigenvalue weighted by molar-refractivity contribution is 0.628. The van der Waals surface area contributed by atoms with Gasteiger partial charge in [-0.25, -0.2) is 4.39 Å². The third-order valence-electron chi connectivity index (χ3n) is 1.91. The Balaban J connectivity index is 0. The zero-order valence-electron chi connectivity index (χ0n) is 11.5. The van der Waals surface area contributed by atoms with Gasteiger partial charge in [0, 0.05) is 11.4 Å². The van der Waals surface area contributed by atoms with Crippen LogP contribution < -0.4 is 11.1 Å². The van der Waals surface area contributed by atoms with Gasteiger partial charge in [0.1, 0.15) is 5.82 Å². The highest BCUT2D eigenvalue weighted by Gasteiger charge is 1.96. The van der Waals surface area contributed by atoms with Gasteiger partial charge in [0.25, 0.3) is 0 Å². The van der Waals surface area contributed by atoms with Crippen LogP contribution in [0.5, 0.6) is 0 Å². The predicted octanol–water partition coefficient (Wildman–Crippen LogP) is 3.78. The van der Waals surface area contributed by atoms with E-state index in [-0.39, 0.29) is 5.82 Å². The van der Waals surface area contributed by atoms with E-state index in [0.717, 1.165) is 17.8 Å².